The van der Waals surface area contributed by atoms with Gasteiger partial charge in [0.25, 0.3) is 0 Å². The van der Waals surface area contributed by atoms with Crippen molar-refractivity contribution in [1.29, 1.82) is 0 Å². The molecular weight excluding hydrogens is 196 g/mol. The van der Waals surface area contributed by atoms with E-state index in [1.807, 2.05) is 13.8 Å². The minimum atomic E-state index is -2.82. The third-order valence-corrected chi connectivity index (χ3v) is 7.11. The van der Waals surface area contributed by atoms with Gasteiger partial charge in [-0.3, -0.25) is 0 Å². The maximum absolute atomic E-state index is 12.2. The summed E-state index contributed by atoms with van der Waals surface area (Å²) >= 11 is 0. The quantitative estimate of drug-likeness (QED) is 0.726. The molecule has 82 valence electrons. The molecular formula is C11H20O2S. The summed E-state index contributed by atoms with van der Waals surface area (Å²) < 4.78 is 24.3. The smallest absolute Gasteiger partial charge is 0.156 e. The average Bonchev–Trinajstić information content (AvgIpc) is 2.77. The molecule has 14 heavy (non-hydrogen) atoms. The van der Waals surface area contributed by atoms with E-state index in [1.54, 1.807) is 0 Å². The lowest BCUT2D eigenvalue weighted by Gasteiger charge is -2.24. The first kappa shape index (κ1) is 10.5. The van der Waals surface area contributed by atoms with Crippen LogP contribution in [-0.4, -0.2) is 18.9 Å². The summed E-state index contributed by atoms with van der Waals surface area (Å²) in [7, 11) is -2.82. The molecule has 2 fully saturated rings. The maximum atomic E-state index is 12.2. The van der Waals surface area contributed by atoms with Gasteiger partial charge in [0.2, 0.25) is 0 Å². The highest BCUT2D eigenvalue weighted by molar-refractivity contribution is 7.92. The SMILES string of the molecule is CCC(C)S(=O)(=O)C1CC2CCC1C2. The van der Waals surface area contributed by atoms with Gasteiger partial charge in [-0.15, -0.1) is 0 Å². The summed E-state index contributed by atoms with van der Waals surface area (Å²) in [6.07, 6.45) is 5.33. The first-order valence-corrected chi connectivity index (χ1v) is 7.39. The zero-order chi connectivity index (χ0) is 10.3. The van der Waals surface area contributed by atoms with Crippen molar-refractivity contribution in [3.63, 3.8) is 0 Å². The highest BCUT2D eigenvalue weighted by atomic mass is 32.2. The van der Waals surface area contributed by atoms with Crippen LogP contribution in [0.15, 0.2) is 0 Å². The first-order chi connectivity index (χ1) is 6.55. The molecule has 0 aromatic heterocycles. The summed E-state index contributed by atoms with van der Waals surface area (Å²) in [5, 5.41) is -0.122. The molecule has 0 saturated heterocycles. The van der Waals surface area contributed by atoms with Gasteiger partial charge in [-0.05, 0) is 44.4 Å². The number of sulfone groups is 1. The van der Waals surface area contributed by atoms with E-state index in [0.29, 0.717) is 5.92 Å². The highest BCUT2D eigenvalue weighted by Crippen LogP contribution is 2.48. The van der Waals surface area contributed by atoms with Crippen LogP contribution in [0.3, 0.4) is 0 Å². The molecule has 0 amide bonds. The van der Waals surface area contributed by atoms with Gasteiger partial charge in [0.15, 0.2) is 9.84 Å². The molecule has 2 saturated carbocycles. The topological polar surface area (TPSA) is 34.1 Å². The van der Waals surface area contributed by atoms with Crippen LogP contribution in [0.2, 0.25) is 0 Å². The highest BCUT2D eigenvalue weighted by Gasteiger charge is 2.47. The summed E-state index contributed by atoms with van der Waals surface area (Å²) in [4.78, 5) is 0. The molecule has 0 aromatic carbocycles. The third kappa shape index (κ3) is 1.50. The van der Waals surface area contributed by atoms with Crippen molar-refractivity contribution in [1.82, 2.24) is 0 Å². The predicted octanol–water partition coefficient (Wildman–Crippen LogP) is 2.39. The average molecular weight is 216 g/mol. The molecule has 2 bridgehead atoms. The fourth-order valence-electron chi connectivity index (χ4n) is 3.12. The number of fused-ring (bicyclic) bond motifs is 2. The van der Waals surface area contributed by atoms with Crippen molar-refractivity contribution >= 4 is 9.84 Å². The van der Waals surface area contributed by atoms with Crippen molar-refractivity contribution in [3.05, 3.63) is 0 Å². The third-order valence-electron chi connectivity index (χ3n) is 4.23. The van der Waals surface area contributed by atoms with Crippen LogP contribution in [0, 0.1) is 11.8 Å². The van der Waals surface area contributed by atoms with E-state index in [0.717, 1.165) is 25.2 Å². The second-order valence-electron chi connectivity index (χ2n) is 5.02. The van der Waals surface area contributed by atoms with Gasteiger partial charge in [0.1, 0.15) is 0 Å². The molecule has 4 unspecified atom stereocenters. The lowest BCUT2D eigenvalue weighted by atomic mass is 10.0. The fourth-order valence-corrected chi connectivity index (χ4v) is 5.50. The van der Waals surface area contributed by atoms with Crippen molar-refractivity contribution in [2.45, 2.75) is 56.5 Å². The summed E-state index contributed by atoms with van der Waals surface area (Å²) in [5.74, 6) is 1.22. The minimum Gasteiger partial charge on any atom is -0.228 e. The van der Waals surface area contributed by atoms with E-state index < -0.39 is 9.84 Å². The minimum absolute atomic E-state index is 0.0104. The molecule has 0 heterocycles. The van der Waals surface area contributed by atoms with E-state index >= 15 is 0 Å². The van der Waals surface area contributed by atoms with Crippen LogP contribution in [0.1, 0.15) is 46.0 Å². The van der Waals surface area contributed by atoms with Crippen LogP contribution in [0.25, 0.3) is 0 Å². The van der Waals surface area contributed by atoms with E-state index in [4.69, 9.17) is 0 Å². The van der Waals surface area contributed by atoms with Crippen molar-refractivity contribution < 1.29 is 8.42 Å². The number of hydrogen-bond donors (Lipinski definition) is 0. The zero-order valence-corrected chi connectivity index (χ0v) is 9.89. The zero-order valence-electron chi connectivity index (χ0n) is 9.07. The van der Waals surface area contributed by atoms with Gasteiger partial charge in [-0.1, -0.05) is 13.3 Å². The lowest BCUT2D eigenvalue weighted by molar-refractivity contribution is 0.460. The molecule has 0 radical (unpaired) electrons. The summed E-state index contributed by atoms with van der Waals surface area (Å²) in [6, 6.07) is 0. The Labute approximate surface area is 87.0 Å². The van der Waals surface area contributed by atoms with Crippen LogP contribution >= 0.6 is 0 Å². The predicted molar refractivity (Wildman–Crippen MR) is 57.9 cm³/mol. The Kier molecular flexibility index (Phi) is 2.63. The Bertz CT molecular complexity index is 307. The molecule has 2 aliphatic rings. The molecule has 0 spiro atoms. The molecule has 0 N–H and O–H groups in total. The second-order valence-corrected chi connectivity index (χ2v) is 7.61. The fraction of sp³-hybridized carbons (Fsp3) is 1.00. The van der Waals surface area contributed by atoms with Crippen LogP contribution in [0.5, 0.6) is 0 Å². The number of rotatable bonds is 3. The normalized spacial score (nSPS) is 38.9. The van der Waals surface area contributed by atoms with Crippen LogP contribution in [-0.2, 0) is 9.84 Å². The van der Waals surface area contributed by atoms with E-state index in [2.05, 4.69) is 0 Å². The van der Waals surface area contributed by atoms with E-state index in [-0.39, 0.29) is 10.5 Å². The molecule has 2 aliphatic carbocycles. The van der Waals surface area contributed by atoms with Gasteiger partial charge in [0.05, 0.1) is 10.5 Å². The monoisotopic (exact) mass is 216 g/mol. The molecule has 2 rings (SSSR count). The van der Waals surface area contributed by atoms with Gasteiger partial charge < -0.3 is 0 Å². The Hall–Kier alpha value is -0.0500. The standard InChI is InChI=1S/C11H20O2S/c1-3-8(2)14(12,13)11-7-9-4-5-10(11)6-9/h8-11H,3-7H2,1-2H3. The Morgan fingerprint density at radius 3 is 2.43 bits per heavy atom. The first-order valence-electron chi connectivity index (χ1n) is 5.78. The lowest BCUT2D eigenvalue weighted by Crippen LogP contribution is -2.33. The maximum Gasteiger partial charge on any atom is 0.156 e. The van der Waals surface area contributed by atoms with Crippen LogP contribution < -0.4 is 0 Å². The number of hydrogen-bond acceptors (Lipinski definition) is 2. The van der Waals surface area contributed by atoms with Gasteiger partial charge in [-0.2, -0.15) is 0 Å². The molecule has 2 nitrogen and oxygen atoms in total. The molecule has 0 aliphatic heterocycles. The Morgan fingerprint density at radius 2 is 2.00 bits per heavy atom. The van der Waals surface area contributed by atoms with Gasteiger partial charge >= 0.3 is 0 Å². The Morgan fingerprint density at radius 1 is 1.29 bits per heavy atom. The summed E-state index contributed by atoms with van der Waals surface area (Å²) in [5.41, 5.74) is 0. The van der Waals surface area contributed by atoms with Crippen molar-refractivity contribution in [2.24, 2.45) is 11.8 Å². The van der Waals surface area contributed by atoms with Gasteiger partial charge in [0, 0.05) is 0 Å². The largest absolute Gasteiger partial charge is 0.228 e. The van der Waals surface area contributed by atoms with E-state index in [9.17, 15) is 8.42 Å². The van der Waals surface area contributed by atoms with Crippen molar-refractivity contribution in [3.8, 4) is 0 Å². The second kappa shape index (κ2) is 3.51. The molecule has 0 aromatic rings. The van der Waals surface area contributed by atoms with Crippen LogP contribution in [0.4, 0.5) is 0 Å². The Balaban J connectivity index is 2.16. The molecule has 3 heteroatoms. The van der Waals surface area contributed by atoms with E-state index in [1.165, 1.54) is 12.8 Å². The van der Waals surface area contributed by atoms with Gasteiger partial charge in [-0.25, -0.2) is 8.42 Å². The molecule has 4 atom stereocenters. The van der Waals surface area contributed by atoms with Crippen molar-refractivity contribution in [2.75, 3.05) is 0 Å². The summed E-state index contributed by atoms with van der Waals surface area (Å²) in [6.45, 7) is 3.83.